The molecule has 21 heavy (non-hydrogen) atoms. The van der Waals surface area contributed by atoms with Crippen LogP contribution in [0.1, 0.15) is 16.7 Å². The van der Waals surface area contributed by atoms with Crippen molar-refractivity contribution in [1.82, 2.24) is 0 Å². The maximum atomic E-state index is 10.7. The Labute approximate surface area is 121 Å². The summed E-state index contributed by atoms with van der Waals surface area (Å²) in [6.45, 7) is 0.412. The van der Waals surface area contributed by atoms with Crippen molar-refractivity contribution >= 4 is 5.69 Å². The maximum Gasteiger partial charge on any atom is 0.270 e. The van der Waals surface area contributed by atoms with E-state index in [1.165, 1.54) is 18.2 Å². The zero-order chi connectivity index (χ0) is 15.2. The third-order valence-corrected chi connectivity index (χ3v) is 2.93. The van der Waals surface area contributed by atoms with Crippen molar-refractivity contribution in [3.8, 4) is 11.8 Å². The quantitative estimate of drug-likeness (QED) is 0.670. The van der Waals surface area contributed by atoms with Crippen LogP contribution in [0.4, 0.5) is 5.69 Å². The van der Waals surface area contributed by atoms with Gasteiger partial charge in [-0.05, 0) is 23.8 Å². The van der Waals surface area contributed by atoms with Crippen LogP contribution in [0.5, 0.6) is 5.75 Å². The van der Waals surface area contributed by atoms with Crippen LogP contribution in [0.15, 0.2) is 42.5 Å². The summed E-state index contributed by atoms with van der Waals surface area (Å²) in [6, 6.07) is 13.4. The third kappa shape index (κ3) is 3.55. The molecule has 6 nitrogen and oxygen atoms in total. The fourth-order valence-corrected chi connectivity index (χ4v) is 1.87. The van der Waals surface area contributed by atoms with Crippen molar-refractivity contribution in [2.45, 2.75) is 13.2 Å². The topological polar surface area (TPSA) is 102 Å². The summed E-state index contributed by atoms with van der Waals surface area (Å²) in [4.78, 5) is 10.3. The Kier molecular flexibility index (Phi) is 4.49. The van der Waals surface area contributed by atoms with Gasteiger partial charge in [0.2, 0.25) is 0 Å². The van der Waals surface area contributed by atoms with E-state index in [0.717, 1.165) is 5.56 Å². The Morgan fingerprint density at radius 1 is 1.29 bits per heavy atom. The lowest BCUT2D eigenvalue weighted by molar-refractivity contribution is -0.384. The molecule has 0 aliphatic rings. The lowest BCUT2D eigenvalue weighted by Crippen LogP contribution is -2.04. The SMILES string of the molecule is N#Cc1cccc(COc2ccc([N+](=O)[O-])cc2CN)c1. The second-order valence-electron chi connectivity index (χ2n) is 4.35. The van der Waals surface area contributed by atoms with Gasteiger partial charge in [-0.1, -0.05) is 12.1 Å². The number of nitrogens with two attached hydrogens (primary N) is 1. The highest BCUT2D eigenvalue weighted by Gasteiger charge is 2.11. The predicted octanol–water partition coefficient (Wildman–Crippen LogP) is 2.50. The molecule has 0 unspecified atom stereocenters. The molecule has 0 fully saturated rings. The summed E-state index contributed by atoms with van der Waals surface area (Å²) in [5.41, 5.74) is 7.54. The number of non-ortho nitro benzene ring substituents is 1. The van der Waals surface area contributed by atoms with Crippen molar-refractivity contribution in [1.29, 1.82) is 5.26 Å². The fourth-order valence-electron chi connectivity index (χ4n) is 1.87. The molecule has 106 valence electrons. The van der Waals surface area contributed by atoms with Crippen LogP contribution < -0.4 is 10.5 Å². The molecule has 2 aromatic rings. The highest BCUT2D eigenvalue weighted by atomic mass is 16.6. The van der Waals surface area contributed by atoms with E-state index < -0.39 is 4.92 Å². The molecule has 6 heteroatoms. The fraction of sp³-hybridized carbons (Fsp3) is 0.133. The van der Waals surface area contributed by atoms with Crippen LogP contribution >= 0.6 is 0 Å². The van der Waals surface area contributed by atoms with E-state index >= 15 is 0 Å². The van der Waals surface area contributed by atoms with Crippen LogP contribution in [-0.2, 0) is 13.2 Å². The first kappa shape index (κ1) is 14.5. The Morgan fingerprint density at radius 3 is 2.76 bits per heavy atom. The van der Waals surface area contributed by atoms with E-state index in [1.54, 1.807) is 18.2 Å². The van der Waals surface area contributed by atoms with E-state index in [9.17, 15) is 10.1 Å². The van der Waals surface area contributed by atoms with Gasteiger partial charge in [0.1, 0.15) is 12.4 Å². The van der Waals surface area contributed by atoms with E-state index in [0.29, 0.717) is 16.9 Å². The van der Waals surface area contributed by atoms with Gasteiger partial charge in [0.15, 0.2) is 0 Å². The molecule has 0 saturated heterocycles. The zero-order valence-corrected chi connectivity index (χ0v) is 11.2. The summed E-state index contributed by atoms with van der Waals surface area (Å²) in [5, 5.41) is 19.6. The molecule has 0 bridgehead atoms. The molecule has 0 radical (unpaired) electrons. The summed E-state index contributed by atoms with van der Waals surface area (Å²) >= 11 is 0. The molecule has 0 heterocycles. The van der Waals surface area contributed by atoms with Crippen LogP contribution in [0.25, 0.3) is 0 Å². The second kappa shape index (κ2) is 6.50. The zero-order valence-electron chi connectivity index (χ0n) is 11.2. The number of benzene rings is 2. The number of nitro benzene ring substituents is 1. The lowest BCUT2D eigenvalue weighted by atomic mass is 10.1. The number of hydrogen-bond acceptors (Lipinski definition) is 5. The van der Waals surface area contributed by atoms with E-state index in [4.69, 9.17) is 15.7 Å². The summed E-state index contributed by atoms with van der Waals surface area (Å²) in [7, 11) is 0. The first-order valence-corrected chi connectivity index (χ1v) is 6.23. The van der Waals surface area contributed by atoms with E-state index in [-0.39, 0.29) is 18.8 Å². The molecule has 2 N–H and O–H groups in total. The van der Waals surface area contributed by atoms with Gasteiger partial charge in [0, 0.05) is 24.2 Å². The van der Waals surface area contributed by atoms with Crippen molar-refractivity contribution in [3.05, 3.63) is 69.3 Å². The number of hydrogen-bond donors (Lipinski definition) is 1. The molecule has 0 amide bonds. The summed E-state index contributed by atoms with van der Waals surface area (Å²) < 4.78 is 5.64. The smallest absolute Gasteiger partial charge is 0.270 e. The number of nitrogens with zero attached hydrogens (tertiary/aromatic N) is 2. The molecular weight excluding hydrogens is 270 g/mol. The van der Waals surface area contributed by atoms with Crippen LogP contribution in [0, 0.1) is 21.4 Å². The van der Waals surface area contributed by atoms with Crippen molar-refractivity contribution in [2.75, 3.05) is 0 Å². The van der Waals surface area contributed by atoms with Gasteiger partial charge in [0.25, 0.3) is 5.69 Å². The number of nitro groups is 1. The van der Waals surface area contributed by atoms with Crippen LogP contribution in [0.2, 0.25) is 0 Å². The molecule has 0 saturated carbocycles. The number of ether oxygens (including phenoxy) is 1. The molecule has 0 atom stereocenters. The highest BCUT2D eigenvalue weighted by Crippen LogP contribution is 2.24. The summed E-state index contributed by atoms with van der Waals surface area (Å²) in [5.74, 6) is 0.505. The average molecular weight is 283 g/mol. The van der Waals surface area contributed by atoms with Gasteiger partial charge in [-0.2, -0.15) is 5.26 Å². The largest absolute Gasteiger partial charge is 0.489 e. The van der Waals surface area contributed by atoms with Gasteiger partial charge in [-0.25, -0.2) is 0 Å². The van der Waals surface area contributed by atoms with E-state index in [2.05, 4.69) is 6.07 Å². The third-order valence-electron chi connectivity index (χ3n) is 2.93. The Bertz CT molecular complexity index is 708. The Morgan fingerprint density at radius 2 is 2.10 bits per heavy atom. The summed E-state index contributed by atoms with van der Waals surface area (Å²) in [6.07, 6.45) is 0. The van der Waals surface area contributed by atoms with Gasteiger partial charge in [0.05, 0.1) is 16.6 Å². The van der Waals surface area contributed by atoms with Crippen molar-refractivity contribution in [2.24, 2.45) is 5.73 Å². The van der Waals surface area contributed by atoms with Gasteiger partial charge >= 0.3 is 0 Å². The van der Waals surface area contributed by atoms with Gasteiger partial charge in [-0.3, -0.25) is 10.1 Å². The predicted molar refractivity (Wildman–Crippen MR) is 76.5 cm³/mol. The van der Waals surface area contributed by atoms with Crippen molar-refractivity contribution in [3.63, 3.8) is 0 Å². The number of nitriles is 1. The molecule has 2 aromatic carbocycles. The first-order valence-electron chi connectivity index (χ1n) is 6.23. The lowest BCUT2D eigenvalue weighted by Gasteiger charge is -2.10. The highest BCUT2D eigenvalue weighted by molar-refractivity contribution is 5.44. The second-order valence-corrected chi connectivity index (χ2v) is 4.35. The molecule has 0 aromatic heterocycles. The molecular formula is C15H13N3O3. The van der Waals surface area contributed by atoms with Crippen molar-refractivity contribution < 1.29 is 9.66 Å². The Balaban J connectivity index is 2.16. The van der Waals surface area contributed by atoms with Gasteiger partial charge in [-0.15, -0.1) is 0 Å². The van der Waals surface area contributed by atoms with Crippen LogP contribution in [0.3, 0.4) is 0 Å². The average Bonchev–Trinajstić information content (AvgIpc) is 2.52. The Hall–Kier alpha value is -2.91. The first-order chi connectivity index (χ1) is 10.1. The number of rotatable bonds is 5. The van der Waals surface area contributed by atoms with E-state index in [1.807, 2.05) is 6.07 Å². The normalized spacial score (nSPS) is 9.90. The molecule has 0 aliphatic heterocycles. The molecule has 0 aliphatic carbocycles. The standard InChI is InChI=1S/C15H13N3O3/c16-8-11-2-1-3-12(6-11)10-21-15-5-4-14(18(19)20)7-13(15)9-17/h1-7H,9-10,17H2. The maximum absolute atomic E-state index is 10.7. The van der Waals surface area contributed by atoms with Crippen LogP contribution in [-0.4, -0.2) is 4.92 Å². The minimum Gasteiger partial charge on any atom is -0.489 e. The minimum absolute atomic E-state index is 0.0192. The molecule has 2 rings (SSSR count). The molecule has 0 spiro atoms. The monoisotopic (exact) mass is 283 g/mol. The van der Waals surface area contributed by atoms with Gasteiger partial charge < -0.3 is 10.5 Å². The minimum atomic E-state index is -0.473.